The number of carbonyl (C=O) groups excluding carboxylic acids is 1. The zero-order valence-electron chi connectivity index (χ0n) is 9.38. The van der Waals surface area contributed by atoms with Crippen molar-refractivity contribution in [3.05, 3.63) is 23.8 Å². The molecule has 1 atom stereocenters. The Kier molecular flexibility index (Phi) is 3.36. The van der Waals surface area contributed by atoms with Crippen LogP contribution in [0.15, 0.2) is 23.1 Å². The summed E-state index contributed by atoms with van der Waals surface area (Å²) in [5.41, 5.74) is 1.58. The Morgan fingerprint density at radius 1 is 1.65 bits per heavy atom. The maximum atomic E-state index is 11.7. The monoisotopic (exact) mass is 248 g/mol. The summed E-state index contributed by atoms with van der Waals surface area (Å²) in [7, 11) is 0. The molecule has 1 N–H and O–H groups in total. The summed E-state index contributed by atoms with van der Waals surface area (Å²) in [5, 5.41) is 18.2. The highest BCUT2D eigenvalue weighted by molar-refractivity contribution is 8.00. The fraction of sp³-hybridized carbons (Fsp3) is 0.333. The molecular formula is C12H12N2O2S. The number of amides is 1. The number of anilines is 1. The van der Waals surface area contributed by atoms with Gasteiger partial charge < -0.3 is 5.11 Å². The number of fused-ring (bicyclic) bond motifs is 1. The van der Waals surface area contributed by atoms with Crippen molar-refractivity contribution in [2.45, 2.75) is 17.9 Å². The van der Waals surface area contributed by atoms with E-state index < -0.39 is 6.10 Å². The largest absolute Gasteiger partial charge is 0.389 e. The molecule has 5 heteroatoms. The summed E-state index contributed by atoms with van der Waals surface area (Å²) < 4.78 is 0. The first-order valence-corrected chi connectivity index (χ1v) is 6.24. The molecular weight excluding hydrogens is 236 g/mol. The van der Waals surface area contributed by atoms with Gasteiger partial charge in [0.25, 0.3) is 0 Å². The summed E-state index contributed by atoms with van der Waals surface area (Å²) in [6.07, 6.45) is -0.525. The maximum Gasteiger partial charge on any atom is 0.238 e. The quantitative estimate of drug-likeness (QED) is 0.809. The molecule has 0 aromatic heterocycles. The first-order chi connectivity index (χ1) is 8.13. The highest BCUT2D eigenvalue weighted by atomic mass is 32.2. The third-order valence-corrected chi connectivity index (χ3v) is 3.67. The third-order valence-electron chi connectivity index (χ3n) is 2.64. The van der Waals surface area contributed by atoms with E-state index in [0.29, 0.717) is 5.75 Å². The van der Waals surface area contributed by atoms with Crippen LogP contribution < -0.4 is 4.90 Å². The van der Waals surface area contributed by atoms with Crippen LogP contribution in [0.4, 0.5) is 5.69 Å². The van der Waals surface area contributed by atoms with Gasteiger partial charge in [0.15, 0.2) is 0 Å². The Balaban J connectivity index is 2.41. The predicted molar refractivity (Wildman–Crippen MR) is 65.8 cm³/mol. The van der Waals surface area contributed by atoms with Crippen molar-refractivity contribution < 1.29 is 9.90 Å². The summed E-state index contributed by atoms with van der Waals surface area (Å²) in [4.78, 5) is 14.1. The maximum absolute atomic E-state index is 11.7. The van der Waals surface area contributed by atoms with Gasteiger partial charge in [0.2, 0.25) is 5.91 Å². The van der Waals surface area contributed by atoms with Crippen molar-refractivity contribution in [3.8, 4) is 6.07 Å². The van der Waals surface area contributed by atoms with Crippen molar-refractivity contribution >= 4 is 23.4 Å². The normalized spacial score (nSPS) is 16.3. The topological polar surface area (TPSA) is 64.3 Å². The van der Waals surface area contributed by atoms with Crippen LogP contribution >= 0.6 is 11.8 Å². The number of thioether (sulfide) groups is 1. The summed E-state index contributed by atoms with van der Waals surface area (Å²) in [6, 6.07) is 7.44. The molecule has 17 heavy (non-hydrogen) atoms. The standard InChI is InChI=1S/C12H12N2O2S/c1-8(15)9-2-3-10-11(6-9)17-7-12(16)14(10)5-4-13/h2-3,6,8,15H,5,7H2,1H3. The second kappa shape index (κ2) is 4.78. The zero-order chi connectivity index (χ0) is 12.4. The summed E-state index contributed by atoms with van der Waals surface area (Å²) >= 11 is 1.45. The van der Waals surface area contributed by atoms with Gasteiger partial charge >= 0.3 is 0 Å². The van der Waals surface area contributed by atoms with Crippen molar-refractivity contribution in [1.29, 1.82) is 5.26 Å². The minimum absolute atomic E-state index is 0.0474. The van der Waals surface area contributed by atoms with E-state index in [-0.39, 0.29) is 12.5 Å². The van der Waals surface area contributed by atoms with E-state index >= 15 is 0 Å². The molecule has 0 radical (unpaired) electrons. The van der Waals surface area contributed by atoms with Crippen LogP contribution in [0.1, 0.15) is 18.6 Å². The average Bonchev–Trinajstić information content (AvgIpc) is 2.32. The van der Waals surface area contributed by atoms with E-state index in [1.165, 1.54) is 16.7 Å². The molecule has 1 heterocycles. The molecule has 1 aliphatic rings. The van der Waals surface area contributed by atoms with Crippen molar-refractivity contribution in [3.63, 3.8) is 0 Å². The van der Waals surface area contributed by atoms with Gasteiger partial charge in [-0.25, -0.2) is 0 Å². The van der Waals surface area contributed by atoms with Crippen LogP contribution in [-0.4, -0.2) is 23.3 Å². The number of carbonyl (C=O) groups is 1. The molecule has 2 rings (SSSR count). The lowest BCUT2D eigenvalue weighted by Crippen LogP contribution is -2.35. The molecule has 1 aliphatic heterocycles. The molecule has 1 aromatic carbocycles. The first-order valence-electron chi connectivity index (χ1n) is 5.25. The van der Waals surface area contributed by atoms with E-state index in [2.05, 4.69) is 0 Å². The van der Waals surface area contributed by atoms with Crippen molar-refractivity contribution in [2.75, 3.05) is 17.2 Å². The molecule has 0 saturated carbocycles. The highest BCUT2D eigenvalue weighted by Gasteiger charge is 2.24. The van der Waals surface area contributed by atoms with Gasteiger partial charge in [0.05, 0.1) is 23.6 Å². The Bertz CT molecular complexity index is 494. The van der Waals surface area contributed by atoms with Gasteiger partial charge in [-0.3, -0.25) is 9.69 Å². The fourth-order valence-electron chi connectivity index (χ4n) is 1.72. The number of hydrogen-bond acceptors (Lipinski definition) is 4. The molecule has 0 bridgehead atoms. The molecule has 4 nitrogen and oxygen atoms in total. The molecule has 0 saturated heterocycles. The van der Waals surface area contributed by atoms with Crippen LogP contribution in [0, 0.1) is 11.3 Å². The third kappa shape index (κ3) is 2.28. The number of benzene rings is 1. The van der Waals surface area contributed by atoms with Gasteiger partial charge in [-0.15, -0.1) is 11.8 Å². The molecule has 88 valence electrons. The first kappa shape index (κ1) is 12.0. The molecule has 0 spiro atoms. The minimum atomic E-state index is -0.525. The molecule has 1 unspecified atom stereocenters. The van der Waals surface area contributed by atoms with Crippen LogP contribution in [0.25, 0.3) is 0 Å². The van der Waals surface area contributed by atoms with Crippen molar-refractivity contribution in [1.82, 2.24) is 0 Å². The molecule has 1 aromatic rings. The second-order valence-corrected chi connectivity index (χ2v) is 4.85. The van der Waals surface area contributed by atoms with Crippen LogP contribution in [-0.2, 0) is 4.79 Å². The van der Waals surface area contributed by atoms with Crippen LogP contribution in [0.3, 0.4) is 0 Å². The lowest BCUT2D eigenvalue weighted by Gasteiger charge is -2.27. The van der Waals surface area contributed by atoms with Crippen LogP contribution in [0.5, 0.6) is 0 Å². The SMILES string of the molecule is CC(O)c1ccc2c(c1)SCC(=O)N2CC#N. The lowest BCUT2D eigenvalue weighted by atomic mass is 10.1. The number of rotatable bonds is 2. The number of aliphatic hydroxyl groups excluding tert-OH is 1. The smallest absolute Gasteiger partial charge is 0.238 e. The van der Waals surface area contributed by atoms with Gasteiger partial charge in [0.1, 0.15) is 6.54 Å². The Morgan fingerprint density at radius 3 is 3.06 bits per heavy atom. The van der Waals surface area contributed by atoms with Gasteiger partial charge in [0, 0.05) is 4.90 Å². The molecule has 1 amide bonds. The van der Waals surface area contributed by atoms with Crippen molar-refractivity contribution in [2.24, 2.45) is 0 Å². The average molecular weight is 248 g/mol. The minimum Gasteiger partial charge on any atom is -0.389 e. The van der Waals surface area contributed by atoms with E-state index in [0.717, 1.165) is 16.1 Å². The zero-order valence-corrected chi connectivity index (χ0v) is 10.2. The summed E-state index contributed by atoms with van der Waals surface area (Å²) in [6.45, 7) is 1.77. The van der Waals surface area contributed by atoms with Crippen LogP contribution in [0.2, 0.25) is 0 Å². The van der Waals surface area contributed by atoms with E-state index in [1.54, 1.807) is 19.1 Å². The fourth-order valence-corrected chi connectivity index (χ4v) is 2.71. The Hall–Kier alpha value is -1.51. The lowest BCUT2D eigenvalue weighted by molar-refractivity contribution is -0.116. The number of nitriles is 1. The number of hydrogen-bond donors (Lipinski definition) is 1. The summed E-state index contributed by atoms with van der Waals surface area (Å²) in [5.74, 6) is 0.298. The van der Waals surface area contributed by atoms with E-state index in [4.69, 9.17) is 5.26 Å². The van der Waals surface area contributed by atoms with E-state index in [1.807, 2.05) is 12.1 Å². The number of nitrogens with zero attached hydrogens (tertiary/aromatic N) is 2. The van der Waals surface area contributed by atoms with E-state index in [9.17, 15) is 9.90 Å². The number of aliphatic hydroxyl groups is 1. The van der Waals surface area contributed by atoms with Gasteiger partial charge in [-0.2, -0.15) is 5.26 Å². The molecule has 0 fully saturated rings. The Morgan fingerprint density at radius 2 is 2.41 bits per heavy atom. The predicted octanol–water partition coefficient (Wildman–Crippen LogP) is 1.70. The van der Waals surface area contributed by atoms with Gasteiger partial charge in [-0.05, 0) is 24.6 Å². The molecule has 0 aliphatic carbocycles. The highest BCUT2D eigenvalue weighted by Crippen LogP contribution is 2.36. The second-order valence-electron chi connectivity index (χ2n) is 3.83. The Labute approximate surface area is 104 Å². The van der Waals surface area contributed by atoms with Gasteiger partial charge in [-0.1, -0.05) is 6.07 Å².